The van der Waals surface area contributed by atoms with Gasteiger partial charge in [0.25, 0.3) is 0 Å². The van der Waals surface area contributed by atoms with Crippen LogP contribution in [0.1, 0.15) is 18.4 Å². The molecule has 124 valence electrons. The fraction of sp³-hybridized carbons (Fsp3) is 0.300. The van der Waals surface area contributed by atoms with Crippen molar-refractivity contribution in [3.8, 4) is 5.75 Å². The van der Waals surface area contributed by atoms with Gasteiger partial charge in [0.05, 0.1) is 13.2 Å². The molecule has 2 atom stereocenters. The van der Waals surface area contributed by atoms with Crippen LogP contribution in [0, 0.1) is 5.92 Å². The number of methoxy groups -OCH3 is 1. The summed E-state index contributed by atoms with van der Waals surface area (Å²) < 4.78 is 5.14. The highest BCUT2D eigenvalue weighted by molar-refractivity contribution is 5.50. The molecule has 0 bridgehead atoms. The van der Waals surface area contributed by atoms with Crippen molar-refractivity contribution in [2.24, 2.45) is 5.92 Å². The molecule has 0 aliphatic carbocycles. The molecule has 0 aliphatic heterocycles. The van der Waals surface area contributed by atoms with Crippen LogP contribution in [0.2, 0.25) is 0 Å². The van der Waals surface area contributed by atoms with Crippen LogP contribution in [-0.2, 0) is 0 Å². The Labute approximate surface area is 139 Å². The maximum atomic E-state index is 9.34. The van der Waals surface area contributed by atoms with E-state index in [1.807, 2.05) is 42.6 Å². The van der Waals surface area contributed by atoms with Gasteiger partial charge in [0, 0.05) is 6.54 Å². The summed E-state index contributed by atoms with van der Waals surface area (Å²) in [5, 5.41) is 12.6. The molecule has 23 heavy (non-hydrogen) atoms. The lowest BCUT2D eigenvalue weighted by Crippen LogP contribution is -2.15. The van der Waals surface area contributed by atoms with E-state index >= 15 is 0 Å². The molecule has 0 saturated heterocycles. The average molecular weight is 313 g/mol. The molecule has 3 heteroatoms. The number of benzene rings is 1. The van der Waals surface area contributed by atoms with Gasteiger partial charge in [-0.2, -0.15) is 0 Å². The number of allylic oxidation sites excluding steroid dienone is 1. The van der Waals surface area contributed by atoms with E-state index in [9.17, 15) is 5.11 Å². The maximum absolute atomic E-state index is 9.34. The SMILES string of the molecule is C=CC(O)C/C=C/NCC(C=C)C/C=C/c1ccc(OC)cc1. The monoisotopic (exact) mass is 313 g/mol. The minimum atomic E-state index is -0.476. The van der Waals surface area contributed by atoms with E-state index in [-0.39, 0.29) is 0 Å². The average Bonchev–Trinajstić information content (AvgIpc) is 2.60. The number of hydrogen-bond donors (Lipinski definition) is 2. The van der Waals surface area contributed by atoms with E-state index in [1.54, 1.807) is 7.11 Å². The van der Waals surface area contributed by atoms with E-state index < -0.39 is 6.10 Å². The van der Waals surface area contributed by atoms with Crippen LogP contribution < -0.4 is 10.1 Å². The first kappa shape index (κ1) is 18.8. The molecule has 0 spiro atoms. The number of ether oxygens (including phenoxy) is 1. The van der Waals surface area contributed by atoms with Crippen LogP contribution >= 0.6 is 0 Å². The predicted molar refractivity (Wildman–Crippen MR) is 98.3 cm³/mol. The summed E-state index contributed by atoms with van der Waals surface area (Å²) in [5.41, 5.74) is 1.15. The van der Waals surface area contributed by atoms with E-state index in [4.69, 9.17) is 4.74 Å². The van der Waals surface area contributed by atoms with Crippen LogP contribution in [0.15, 0.2) is 67.9 Å². The highest BCUT2D eigenvalue weighted by Crippen LogP contribution is 2.13. The Morgan fingerprint density at radius 2 is 1.87 bits per heavy atom. The van der Waals surface area contributed by atoms with Gasteiger partial charge in [-0.15, -0.1) is 13.2 Å². The zero-order chi connectivity index (χ0) is 16.9. The summed E-state index contributed by atoms with van der Waals surface area (Å²) in [6.45, 7) is 8.24. The van der Waals surface area contributed by atoms with Crippen molar-refractivity contribution < 1.29 is 9.84 Å². The smallest absolute Gasteiger partial charge is 0.118 e. The molecular formula is C20H27NO2. The largest absolute Gasteiger partial charge is 0.497 e. The van der Waals surface area contributed by atoms with Crippen molar-refractivity contribution >= 4 is 6.08 Å². The van der Waals surface area contributed by atoms with Crippen LogP contribution in [0.5, 0.6) is 5.75 Å². The summed E-state index contributed by atoms with van der Waals surface area (Å²) in [7, 11) is 1.67. The quantitative estimate of drug-likeness (QED) is 0.608. The van der Waals surface area contributed by atoms with Crippen LogP contribution in [0.3, 0.4) is 0 Å². The lowest BCUT2D eigenvalue weighted by atomic mass is 10.0. The number of hydrogen-bond acceptors (Lipinski definition) is 3. The first-order chi connectivity index (χ1) is 11.2. The van der Waals surface area contributed by atoms with E-state index in [2.05, 4.69) is 30.6 Å². The molecule has 0 saturated carbocycles. The van der Waals surface area contributed by atoms with Crippen molar-refractivity contribution in [2.75, 3.05) is 13.7 Å². The van der Waals surface area contributed by atoms with Gasteiger partial charge in [0.15, 0.2) is 0 Å². The molecule has 0 fully saturated rings. The molecule has 1 aromatic carbocycles. The molecule has 1 rings (SSSR count). The number of rotatable bonds is 11. The normalized spacial score (nSPS) is 13.8. The fourth-order valence-corrected chi connectivity index (χ4v) is 1.96. The third kappa shape index (κ3) is 8.07. The highest BCUT2D eigenvalue weighted by atomic mass is 16.5. The number of aliphatic hydroxyl groups excluding tert-OH is 1. The standard InChI is InChI=1S/C20H27NO2/c1-4-17(16-21-15-7-10-19(22)5-2)8-6-9-18-11-13-20(23-3)14-12-18/h4-7,9,11-15,17,19,21-22H,1-2,8,10,16H2,3H3/b9-6+,15-7+. The van der Waals surface area contributed by atoms with Crippen molar-refractivity contribution in [3.05, 3.63) is 73.5 Å². The Kier molecular flexibility index (Phi) is 9.25. The molecule has 0 radical (unpaired) electrons. The zero-order valence-corrected chi connectivity index (χ0v) is 13.8. The maximum Gasteiger partial charge on any atom is 0.118 e. The Morgan fingerprint density at radius 3 is 2.48 bits per heavy atom. The van der Waals surface area contributed by atoms with Crippen molar-refractivity contribution in [3.63, 3.8) is 0 Å². The minimum Gasteiger partial charge on any atom is -0.497 e. The van der Waals surface area contributed by atoms with Gasteiger partial charge in [-0.3, -0.25) is 0 Å². The second kappa shape index (κ2) is 11.3. The summed E-state index contributed by atoms with van der Waals surface area (Å²) in [4.78, 5) is 0. The predicted octanol–water partition coefficient (Wildman–Crippen LogP) is 3.94. The molecule has 0 amide bonds. The second-order valence-corrected chi connectivity index (χ2v) is 5.26. The number of aliphatic hydroxyl groups is 1. The van der Waals surface area contributed by atoms with Gasteiger partial charge in [-0.05, 0) is 42.7 Å². The molecule has 1 aromatic rings. The van der Waals surface area contributed by atoms with Crippen LogP contribution in [0.25, 0.3) is 6.08 Å². The summed E-state index contributed by atoms with van der Waals surface area (Å²) >= 11 is 0. The lowest BCUT2D eigenvalue weighted by molar-refractivity contribution is 0.227. The van der Waals surface area contributed by atoms with Gasteiger partial charge in [-0.1, -0.05) is 42.5 Å². The molecule has 0 aliphatic rings. The van der Waals surface area contributed by atoms with Gasteiger partial charge < -0.3 is 15.2 Å². The molecule has 3 nitrogen and oxygen atoms in total. The second-order valence-electron chi connectivity index (χ2n) is 5.26. The number of nitrogens with one attached hydrogen (secondary N) is 1. The molecule has 0 aromatic heterocycles. The van der Waals surface area contributed by atoms with E-state index in [1.165, 1.54) is 6.08 Å². The zero-order valence-electron chi connectivity index (χ0n) is 13.8. The Bertz CT molecular complexity index is 517. The van der Waals surface area contributed by atoms with Crippen LogP contribution in [0.4, 0.5) is 0 Å². The van der Waals surface area contributed by atoms with Gasteiger partial charge in [0.1, 0.15) is 5.75 Å². The third-order valence-corrected chi connectivity index (χ3v) is 3.46. The van der Waals surface area contributed by atoms with Crippen molar-refractivity contribution in [1.82, 2.24) is 5.32 Å². The summed E-state index contributed by atoms with van der Waals surface area (Å²) in [5.74, 6) is 1.22. The third-order valence-electron chi connectivity index (χ3n) is 3.46. The van der Waals surface area contributed by atoms with Gasteiger partial charge in [0.2, 0.25) is 0 Å². The first-order valence-corrected chi connectivity index (χ1v) is 7.81. The minimum absolute atomic E-state index is 0.360. The van der Waals surface area contributed by atoms with Gasteiger partial charge in [-0.25, -0.2) is 0 Å². The van der Waals surface area contributed by atoms with Crippen molar-refractivity contribution in [1.29, 1.82) is 0 Å². The highest BCUT2D eigenvalue weighted by Gasteiger charge is 2.00. The Hall–Kier alpha value is -2.26. The molecule has 2 unspecified atom stereocenters. The first-order valence-electron chi connectivity index (χ1n) is 7.81. The molecule has 2 N–H and O–H groups in total. The summed E-state index contributed by atoms with van der Waals surface area (Å²) in [6, 6.07) is 7.97. The van der Waals surface area contributed by atoms with E-state index in [0.717, 1.165) is 24.3 Å². The molecular weight excluding hydrogens is 286 g/mol. The fourth-order valence-electron chi connectivity index (χ4n) is 1.96. The summed E-state index contributed by atoms with van der Waals surface area (Å²) in [6.07, 6.45) is 12.5. The van der Waals surface area contributed by atoms with Crippen LogP contribution in [-0.4, -0.2) is 24.9 Å². The lowest BCUT2D eigenvalue weighted by Gasteiger charge is -2.10. The topological polar surface area (TPSA) is 41.5 Å². The molecule has 0 heterocycles. The Morgan fingerprint density at radius 1 is 1.13 bits per heavy atom. The van der Waals surface area contributed by atoms with Crippen molar-refractivity contribution in [2.45, 2.75) is 18.9 Å². The Balaban J connectivity index is 2.33. The van der Waals surface area contributed by atoms with Gasteiger partial charge >= 0.3 is 0 Å². The van der Waals surface area contributed by atoms with E-state index in [0.29, 0.717) is 12.3 Å².